The molecular formula is C21H28N2O5S2. The van der Waals surface area contributed by atoms with Gasteiger partial charge in [-0.25, -0.2) is 13.1 Å². The highest BCUT2D eigenvalue weighted by Gasteiger charge is 2.28. The molecule has 30 heavy (non-hydrogen) atoms. The smallest absolute Gasteiger partial charge is 0.253 e. The molecule has 0 spiro atoms. The van der Waals surface area contributed by atoms with E-state index in [0.29, 0.717) is 60.4 Å². The van der Waals surface area contributed by atoms with Gasteiger partial charge in [0, 0.05) is 24.7 Å². The van der Waals surface area contributed by atoms with Crippen LogP contribution in [0, 0.1) is 0 Å². The summed E-state index contributed by atoms with van der Waals surface area (Å²) in [6.45, 7) is 5.98. The van der Waals surface area contributed by atoms with Crippen LogP contribution in [-0.4, -0.2) is 51.6 Å². The number of piperidine rings is 1. The van der Waals surface area contributed by atoms with Crippen LogP contribution in [0.3, 0.4) is 0 Å². The zero-order chi connectivity index (χ0) is 21.6. The van der Waals surface area contributed by atoms with Crippen LogP contribution in [0.5, 0.6) is 11.5 Å². The van der Waals surface area contributed by atoms with E-state index in [1.54, 1.807) is 40.6 Å². The first-order valence-corrected chi connectivity index (χ1v) is 12.6. The molecule has 1 aromatic carbocycles. The van der Waals surface area contributed by atoms with Crippen molar-refractivity contribution in [1.29, 1.82) is 0 Å². The Morgan fingerprint density at radius 3 is 2.57 bits per heavy atom. The highest BCUT2D eigenvalue weighted by atomic mass is 32.2. The van der Waals surface area contributed by atoms with Crippen molar-refractivity contribution >= 4 is 27.3 Å². The van der Waals surface area contributed by atoms with Crippen molar-refractivity contribution in [2.45, 2.75) is 43.4 Å². The van der Waals surface area contributed by atoms with E-state index in [2.05, 4.69) is 4.72 Å². The molecule has 164 valence electrons. The number of rotatable bonds is 9. The molecule has 1 saturated heterocycles. The normalized spacial score (nSPS) is 15.2. The zero-order valence-corrected chi connectivity index (χ0v) is 18.9. The van der Waals surface area contributed by atoms with Gasteiger partial charge in [0.05, 0.1) is 13.2 Å². The minimum absolute atomic E-state index is 0.0856. The topological polar surface area (TPSA) is 84.9 Å². The van der Waals surface area contributed by atoms with E-state index in [9.17, 15) is 13.2 Å². The molecule has 2 heterocycles. The number of benzene rings is 1. The van der Waals surface area contributed by atoms with Gasteiger partial charge in [-0.3, -0.25) is 4.79 Å². The molecule has 0 unspecified atom stereocenters. The number of sulfonamides is 1. The average molecular weight is 453 g/mol. The second-order valence-corrected chi connectivity index (χ2v) is 9.95. The molecule has 1 N–H and O–H groups in total. The number of nitrogens with zero attached hydrogens (tertiary/aromatic N) is 1. The lowest BCUT2D eigenvalue weighted by atomic mass is 10.0. The van der Waals surface area contributed by atoms with Crippen molar-refractivity contribution in [3.05, 3.63) is 41.3 Å². The van der Waals surface area contributed by atoms with E-state index in [1.807, 2.05) is 13.8 Å². The summed E-state index contributed by atoms with van der Waals surface area (Å²) in [6.07, 6.45) is 2.04. The number of carbonyl (C=O) groups excluding carboxylic acids is 1. The summed E-state index contributed by atoms with van der Waals surface area (Å²) in [7, 11) is -3.50. The number of amides is 1. The van der Waals surface area contributed by atoms with Gasteiger partial charge in [-0.1, -0.05) is 13.0 Å². The first-order chi connectivity index (χ1) is 14.4. The van der Waals surface area contributed by atoms with Crippen molar-refractivity contribution < 1.29 is 22.7 Å². The third kappa shape index (κ3) is 5.53. The Hall–Kier alpha value is -2.10. The van der Waals surface area contributed by atoms with Crippen LogP contribution >= 0.6 is 11.3 Å². The number of hydrogen-bond donors (Lipinski definition) is 1. The second-order valence-electron chi connectivity index (χ2n) is 7.06. The molecule has 1 amide bonds. The Morgan fingerprint density at radius 2 is 1.93 bits per heavy atom. The molecule has 1 aliphatic rings. The SMILES string of the molecule is CCCOc1ccc(C(=O)N2CCC(NS(=O)(=O)c3cccs3)CC2)cc1OCC. The van der Waals surface area contributed by atoms with E-state index in [0.717, 1.165) is 6.42 Å². The van der Waals surface area contributed by atoms with E-state index in [-0.39, 0.29) is 11.9 Å². The summed E-state index contributed by atoms with van der Waals surface area (Å²) in [4.78, 5) is 14.7. The summed E-state index contributed by atoms with van der Waals surface area (Å²) in [5.74, 6) is 1.12. The quantitative estimate of drug-likeness (QED) is 0.629. The highest BCUT2D eigenvalue weighted by molar-refractivity contribution is 7.91. The number of likely N-dealkylation sites (tertiary alicyclic amines) is 1. The Kier molecular flexibility index (Phi) is 7.74. The largest absolute Gasteiger partial charge is 0.490 e. The lowest BCUT2D eigenvalue weighted by molar-refractivity contribution is 0.0710. The summed E-state index contributed by atoms with van der Waals surface area (Å²) >= 11 is 1.20. The first kappa shape index (κ1) is 22.6. The first-order valence-electron chi connectivity index (χ1n) is 10.2. The van der Waals surface area contributed by atoms with Crippen LogP contribution in [0.25, 0.3) is 0 Å². The molecule has 0 bridgehead atoms. The third-order valence-electron chi connectivity index (χ3n) is 4.82. The van der Waals surface area contributed by atoms with Crippen LogP contribution in [0.15, 0.2) is 39.9 Å². The molecule has 3 rings (SSSR count). The minimum atomic E-state index is -3.50. The van der Waals surface area contributed by atoms with Crippen molar-refractivity contribution in [1.82, 2.24) is 9.62 Å². The lowest BCUT2D eigenvalue weighted by Crippen LogP contribution is -2.46. The van der Waals surface area contributed by atoms with Crippen LogP contribution in [0.2, 0.25) is 0 Å². The average Bonchev–Trinajstić information content (AvgIpc) is 3.29. The molecule has 0 aliphatic carbocycles. The second kappa shape index (κ2) is 10.3. The fourth-order valence-corrected chi connectivity index (χ4v) is 5.63. The number of ether oxygens (including phenoxy) is 2. The van der Waals surface area contributed by atoms with E-state index >= 15 is 0 Å². The number of carbonyl (C=O) groups is 1. The summed E-state index contributed by atoms with van der Waals surface area (Å²) < 4.78 is 39.2. The van der Waals surface area contributed by atoms with Gasteiger partial charge < -0.3 is 14.4 Å². The Morgan fingerprint density at radius 1 is 1.17 bits per heavy atom. The van der Waals surface area contributed by atoms with Crippen LogP contribution in [0.1, 0.15) is 43.5 Å². The monoisotopic (exact) mass is 452 g/mol. The summed E-state index contributed by atoms with van der Waals surface area (Å²) in [5.41, 5.74) is 0.542. The standard InChI is InChI=1S/C21H28N2O5S2/c1-3-13-28-18-8-7-16(15-19(18)27-4-2)21(24)23-11-9-17(10-12-23)22-30(25,26)20-6-5-14-29-20/h5-8,14-15,17,22H,3-4,9-13H2,1-2H3. The van der Waals surface area contributed by atoms with Crippen LogP contribution in [-0.2, 0) is 10.0 Å². The molecule has 0 radical (unpaired) electrons. The zero-order valence-electron chi connectivity index (χ0n) is 17.3. The Bertz CT molecular complexity index is 936. The van der Waals surface area contributed by atoms with Crippen molar-refractivity contribution in [3.63, 3.8) is 0 Å². The maximum Gasteiger partial charge on any atom is 0.253 e. The van der Waals surface area contributed by atoms with Crippen molar-refractivity contribution in [2.75, 3.05) is 26.3 Å². The molecule has 7 nitrogen and oxygen atoms in total. The number of thiophene rings is 1. The Balaban J connectivity index is 1.61. The van der Waals surface area contributed by atoms with Crippen molar-refractivity contribution in [2.24, 2.45) is 0 Å². The molecule has 1 aliphatic heterocycles. The molecule has 2 aromatic rings. The lowest BCUT2D eigenvalue weighted by Gasteiger charge is -2.32. The molecular weight excluding hydrogens is 424 g/mol. The maximum atomic E-state index is 13.0. The minimum Gasteiger partial charge on any atom is -0.490 e. The number of hydrogen-bond acceptors (Lipinski definition) is 6. The van der Waals surface area contributed by atoms with Crippen molar-refractivity contribution in [3.8, 4) is 11.5 Å². The molecule has 0 atom stereocenters. The predicted octanol–water partition coefficient (Wildman–Crippen LogP) is 3.52. The van der Waals surface area contributed by atoms with Gasteiger partial charge in [0.1, 0.15) is 4.21 Å². The van der Waals surface area contributed by atoms with E-state index < -0.39 is 10.0 Å². The van der Waals surface area contributed by atoms with Gasteiger partial charge in [0.25, 0.3) is 5.91 Å². The van der Waals surface area contributed by atoms with Gasteiger partial charge in [-0.15, -0.1) is 11.3 Å². The highest BCUT2D eigenvalue weighted by Crippen LogP contribution is 2.29. The molecule has 1 fully saturated rings. The van der Waals surface area contributed by atoms with Crippen LogP contribution in [0.4, 0.5) is 0 Å². The van der Waals surface area contributed by atoms with Gasteiger partial charge in [-0.2, -0.15) is 0 Å². The van der Waals surface area contributed by atoms with E-state index in [4.69, 9.17) is 9.47 Å². The predicted molar refractivity (Wildman–Crippen MR) is 117 cm³/mol. The third-order valence-corrected chi connectivity index (χ3v) is 7.73. The fraction of sp³-hybridized carbons (Fsp3) is 0.476. The molecule has 9 heteroatoms. The van der Waals surface area contributed by atoms with Gasteiger partial charge in [0.15, 0.2) is 11.5 Å². The van der Waals surface area contributed by atoms with Gasteiger partial charge in [0.2, 0.25) is 10.0 Å². The van der Waals surface area contributed by atoms with Crippen LogP contribution < -0.4 is 14.2 Å². The van der Waals surface area contributed by atoms with Gasteiger partial charge >= 0.3 is 0 Å². The maximum absolute atomic E-state index is 13.0. The fourth-order valence-electron chi connectivity index (χ4n) is 3.32. The van der Waals surface area contributed by atoms with Gasteiger partial charge in [-0.05, 0) is 55.8 Å². The number of nitrogens with one attached hydrogen (secondary N) is 1. The van der Waals surface area contributed by atoms with E-state index in [1.165, 1.54) is 11.3 Å². The Labute approximate surface area is 182 Å². The summed E-state index contributed by atoms with van der Waals surface area (Å²) in [5, 5.41) is 1.74. The summed E-state index contributed by atoms with van der Waals surface area (Å²) in [6, 6.07) is 8.38. The molecule has 0 saturated carbocycles. The molecule has 1 aromatic heterocycles.